The summed E-state index contributed by atoms with van der Waals surface area (Å²) in [6, 6.07) is 37.1. The predicted octanol–water partition coefficient (Wildman–Crippen LogP) is 28.5. The number of benzene rings is 6. The van der Waals surface area contributed by atoms with Gasteiger partial charge in [0.2, 0.25) is 41.4 Å². The lowest BCUT2D eigenvalue weighted by molar-refractivity contribution is -0.384. The summed E-state index contributed by atoms with van der Waals surface area (Å²) in [6.07, 6.45) is 38.5. The molecule has 9 aliphatic rings. The average Bonchev–Trinajstić information content (AvgIpc) is 1.55. The van der Waals surface area contributed by atoms with Crippen LogP contribution in [0.2, 0.25) is 0 Å². The van der Waals surface area contributed by atoms with Crippen molar-refractivity contribution >= 4 is 149 Å². The van der Waals surface area contributed by atoms with E-state index in [1.807, 2.05) is 86.0 Å². The van der Waals surface area contributed by atoms with Crippen molar-refractivity contribution in [3.05, 3.63) is 182 Å². The number of nitro benzene ring substituents is 1. The summed E-state index contributed by atoms with van der Waals surface area (Å²) in [5.74, 6) is 1.44. The van der Waals surface area contributed by atoms with Crippen LogP contribution < -0.4 is 40.6 Å². The number of H-pyrrole nitrogens is 1. The Kier molecular flexibility index (Phi) is 45.9. The molecule has 0 bridgehead atoms. The molecule has 0 unspecified atom stereocenters. The number of Topliss-reactive ketones (excluding diaryl/α,β-unsaturated/α-hetero) is 3. The largest absolute Gasteiger partial charge is 0.515 e. The second-order valence-electron chi connectivity index (χ2n) is 40.7. The molecule has 1 aromatic heterocycles. The average molecular weight is 2100 g/mol. The lowest BCUT2D eigenvalue weighted by atomic mass is 9.74. The molecule has 7 amide bonds. The molecule has 7 heterocycles. The topological polar surface area (TPSA) is 320 Å². The number of para-hydroxylation sites is 2. The van der Waals surface area contributed by atoms with Gasteiger partial charge in [0, 0.05) is 122 Å². The van der Waals surface area contributed by atoms with Gasteiger partial charge in [-0.25, -0.2) is 0 Å². The van der Waals surface area contributed by atoms with Crippen LogP contribution in [0.25, 0.3) is 10.9 Å². The summed E-state index contributed by atoms with van der Waals surface area (Å²) in [5, 5.41) is 25.3. The molecule has 24 nitrogen and oxygen atoms in total. The molecule has 25 heteroatoms. The first-order valence-electron chi connectivity index (χ1n) is 55.4. The van der Waals surface area contributed by atoms with Gasteiger partial charge in [0.25, 0.3) is 5.69 Å². The Morgan fingerprint density at radius 2 is 0.793 bits per heavy atom. The smallest absolute Gasteiger partial charge is 0.269 e. The Morgan fingerprint density at radius 3 is 1.24 bits per heavy atom. The SMILES string of the molecule is CC(=O)N1C(=O)Cc2ccccc21.CCCI.CCCN1C(=O)C(CCC)(CCC)c2cc(N)ccc21.CCCN1C(=O)C(CCC)(CCC)c2cc(N/N=C3\CCCCCC3=O)ccc21.CCCN1C(=O)C(CCC)(CCC)c2cc([N+](=O)[O-])ccc21.CCCN1C(=O)C(CCC)(CCC)c2cc3[nH]c4c(c3cc21)CCCCC4=O.CCCN1C(=O)C(CCC)(CCC)c2ccccc21.O=C1CCCCC/C1=C\O. The number of aromatic amines is 1. The van der Waals surface area contributed by atoms with Crippen LogP contribution in [0, 0.1) is 10.1 Å². The number of nitrogens with two attached hydrogens (primary N) is 1. The first-order valence-corrected chi connectivity index (χ1v) is 56.9. The monoisotopic (exact) mass is 2100 g/mol. The fourth-order valence-corrected chi connectivity index (χ4v) is 23.9. The molecule has 0 atom stereocenters. The van der Waals surface area contributed by atoms with E-state index in [1.165, 1.54) is 39.9 Å². The Bertz CT molecular complexity index is 5640. The van der Waals surface area contributed by atoms with Gasteiger partial charge in [0.05, 0.1) is 61.7 Å². The Hall–Kier alpha value is -10.7. The van der Waals surface area contributed by atoms with Crippen LogP contribution in [0.5, 0.6) is 0 Å². The minimum absolute atomic E-state index is 0.0708. The van der Waals surface area contributed by atoms with Crippen molar-refractivity contribution in [1.82, 2.24) is 4.98 Å². The number of non-ortho nitro benzene ring substituents is 1. The van der Waals surface area contributed by atoms with Crippen LogP contribution in [0.4, 0.5) is 51.2 Å². The number of nitro groups is 1. The Balaban J connectivity index is 0.000000191. The summed E-state index contributed by atoms with van der Waals surface area (Å²) in [4.78, 5) is 150. The number of carbonyl (C=O) groups is 10. The van der Waals surface area contributed by atoms with Gasteiger partial charge in [0.1, 0.15) is 5.71 Å². The van der Waals surface area contributed by atoms with E-state index in [1.54, 1.807) is 18.2 Å². The number of allylic oxidation sites excluding steroid dienone is 1. The molecule has 3 aliphatic carbocycles. The number of nitrogen functional groups attached to an aromatic ring is 1. The van der Waals surface area contributed by atoms with Gasteiger partial charge in [-0.1, -0.05) is 247 Å². The van der Waals surface area contributed by atoms with E-state index in [-0.39, 0.29) is 74.2 Å². The number of anilines is 8. The number of aryl methyl sites for hydroxylation is 1. The normalized spacial score (nSPS) is 17.7. The Morgan fingerprint density at radius 1 is 0.421 bits per heavy atom. The zero-order valence-electron chi connectivity index (χ0n) is 90.7. The Labute approximate surface area is 878 Å². The maximum Gasteiger partial charge on any atom is 0.269 e. The van der Waals surface area contributed by atoms with E-state index >= 15 is 0 Å². The highest BCUT2D eigenvalue weighted by Crippen LogP contribution is 2.55. The zero-order valence-corrected chi connectivity index (χ0v) is 92.8. The number of ketones is 3. The van der Waals surface area contributed by atoms with Crippen LogP contribution in [0.1, 0.15) is 418 Å². The summed E-state index contributed by atoms with van der Waals surface area (Å²) in [5.41, 5.74) is 25.5. The highest BCUT2D eigenvalue weighted by Gasteiger charge is 2.55. The van der Waals surface area contributed by atoms with Crippen LogP contribution >= 0.6 is 22.6 Å². The number of rotatable bonds is 34. The zero-order chi connectivity index (χ0) is 106. The van der Waals surface area contributed by atoms with Gasteiger partial charge < -0.3 is 40.3 Å². The number of hydrazone groups is 1. The number of amides is 7. The van der Waals surface area contributed by atoms with E-state index in [0.29, 0.717) is 49.4 Å². The molecule has 145 heavy (non-hydrogen) atoms. The van der Waals surface area contributed by atoms with Crippen molar-refractivity contribution in [1.29, 1.82) is 0 Å². The van der Waals surface area contributed by atoms with Gasteiger partial charge in [-0.3, -0.25) is 68.4 Å². The maximum absolute atomic E-state index is 13.6. The first kappa shape index (κ1) is 118. The third-order valence-electron chi connectivity index (χ3n) is 30.0. The number of hydrogen-bond acceptors (Lipinski definition) is 16. The number of imide groups is 1. The van der Waals surface area contributed by atoms with E-state index < -0.39 is 16.2 Å². The van der Waals surface area contributed by atoms with Crippen LogP contribution in [0.15, 0.2) is 132 Å². The molecule has 790 valence electrons. The molecule has 16 rings (SSSR count). The molecular formula is C120H170IN11O13. The van der Waals surface area contributed by atoms with Crippen LogP contribution in [-0.4, -0.2) is 117 Å². The molecule has 0 spiro atoms. The van der Waals surface area contributed by atoms with Crippen molar-refractivity contribution < 1.29 is 58.0 Å². The molecule has 2 fully saturated rings. The highest BCUT2D eigenvalue weighted by molar-refractivity contribution is 14.1. The predicted molar refractivity (Wildman–Crippen MR) is 603 cm³/mol. The fourth-order valence-electron chi connectivity index (χ4n) is 23.9. The third-order valence-corrected chi connectivity index (χ3v) is 31.0. The molecule has 2 saturated carbocycles. The quantitative estimate of drug-likeness (QED) is 0.00335. The molecule has 5 N–H and O–H groups in total. The number of aliphatic hydroxyl groups excluding tert-OH is 1. The van der Waals surface area contributed by atoms with E-state index in [4.69, 9.17) is 10.8 Å². The number of hydrogen-bond donors (Lipinski definition) is 4. The molecular weight excluding hydrogens is 1930 g/mol. The molecule has 0 radical (unpaired) electrons. The molecule has 6 aromatic carbocycles. The van der Waals surface area contributed by atoms with Gasteiger partial charge in [-0.2, -0.15) is 5.10 Å². The van der Waals surface area contributed by atoms with Gasteiger partial charge >= 0.3 is 0 Å². The van der Waals surface area contributed by atoms with E-state index in [9.17, 15) is 58.1 Å². The standard InChI is InChI=1S/C24H35N3O2.C24H32N2O2.C17H24N2O3.C17H26N2O.C17H25NO.C10H9NO2.C8H12O2.C3H7I/c1-4-14-24(15-5-2)19-17-18(12-13-21(19)27(16-6-3)23(24)29)25-26-20-10-8-7-9-11-22(20)28;1-4-11-24(12-5-2)18-15-19-17(14-20(18)26(13-6-3)23(24)28)16-9-7-8-10-21(27)22(16)25-19;1-4-9-17(10-5-2)14-12-13(19(21)22)7-8-15(14)18(11-6-3)16(17)20;1-4-9-17(10-5-2)14-12-13(18)7-8-15(14)19(11-6-3)16(17)20;1-4-11-17(12-5-2)14-9-7-8-10-15(14)18(13-6-3)16(17)19;1-7(12)11-9-5-3-2-4-8(9)6-10(11)13;9-6-7-4-2-1-3-5-8(7)10;1-2-3-4/h12-13,17,25H,4-11,14-16H2,1-3H3;14-15,25H,4-13H2,1-3H3;7-8,12H,4-6,9-11H2,1-3H3;7-8,12H,4-6,9-11,18H2,1-3H3;7-10H,4-6,11-13H2,1-3H3;2-5H,6H2,1H3;6,9H,1-5H2;2-3H2,1H3/b26-20+;;;;;;7-6+;. The highest BCUT2D eigenvalue weighted by atomic mass is 127. The lowest BCUT2D eigenvalue weighted by Crippen LogP contribution is -2.40. The number of nitrogens with one attached hydrogen (secondary N) is 2. The van der Waals surface area contributed by atoms with Crippen molar-refractivity contribution in [2.45, 2.75) is 408 Å². The van der Waals surface area contributed by atoms with Gasteiger partial charge in [0.15, 0.2) is 17.3 Å². The van der Waals surface area contributed by atoms with Crippen molar-refractivity contribution in [3.8, 4) is 0 Å². The summed E-state index contributed by atoms with van der Waals surface area (Å²) >= 11 is 2.35. The van der Waals surface area contributed by atoms with Crippen molar-refractivity contribution in [3.63, 3.8) is 0 Å². The first-order chi connectivity index (χ1) is 69.9. The molecule has 7 aromatic rings. The number of fused-ring (bicyclic) bond motifs is 9. The number of nitrogens with zero attached hydrogens (tertiary/aromatic N) is 8. The molecule has 6 aliphatic heterocycles. The van der Waals surface area contributed by atoms with E-state index in [2.05, 4.69) is 178 Å². The van der Waals surface area contributed by atoms with E-state index in [0.717, 1.165) is 354 Å². The number of aromatic nitrogens is 1. The van der Waals surface area contributed by atoms with Crippen LogP contribution in [0.3, 0.4) is 0 Å². The number of alkyl halides is 1. The summed E-state index contributed by atoms with van der Waals surface area (Å²) in [6.45, 7) is 39.3. The summed E-state index contributed by atoms with van der Waals surface area (Å²) in [7, 11) is 0. The van der Waals surface area contributed by atoms with Gasteiger partial charge in [-0.15, -0.1) is 0 Å². The van der Waals surface area contributed by atoms with Gasteiger partial charge in [-0.05, 0) is 271 Å². The minimum Gasteiger partial charge on any atom is -0.515 e. The van der Waals surface area contributed by atoms with Crippen molar-refractivity contribution in [2.24, 2.45) is 5.10 Å². The second kappa shape index (κ2) is 56.5. The maximum atomic E-state index is 13.6. The van der Waals surface area contributed by atoms with Crippen molar-refractivity contribution in [2.75, 3.05) is 77.7 Å². The number of aliphatic hydroxyl groups is 1. The lowest BCUT2D eigenvalue weighted by Gasteiger charge is -2.28. The minimum atomic E-state index is -0.583. The second-order valence-corrected chi connectivity index (χ2v) is 41.8. The van der Waals surface area contributed by atoms with Crippen LogP contribution in [-0.2, 0) is 83.1 Å². The summed E-state index contributed by atoms with van der Waals surface area (Å²) < 4.78 is 1.29. The molecule has 0 saturated heterocycles. The number of halogens is 1. The third kappa shape index (κ3) is 26.2. The fraction of sp³-hybridized carbons (Fsp3) is 0.575. The number of carbonyl (C=O) groups excluding carboxylic acids is 10.